The summed E-state index contributed by atoms with van der Waals surface area (Å²) in [7, 11) is -9.97. The molecular formula is C64H41NO6P2. The van der Waals surface area contributed by atoms with Crippen LogP contribution < -0.4 is 23.0 Å². The van der Waals surface area contributed by atoms with Gasteiger partial charge in [0.25, 0.3) is 0 Å². The van der Waals surface area contributed by atoms with E-state index in [1.807, 2.05) is 218 Å². The summed E-state index contributed by atoms with van der Waals surface area (Å²) in [6.45, 7) is 0. The van der Waals surface area contributed by atoms with Gasteiger partial charge in [0.1, 0.15) is 23.0 Å². The van der Waals surface area contributed by atoms with Gasteiger partial charge in [-0.25, -0.2) is 9.13 Å². The van der Waals surface area contributed by atoms with Crippen LogP contribution in [0.25, 0.3) is 110 Å². The Hall–Kier alpha value is -8.70. The van der Waals surface area contributed by atoms with Crippen molar-refractivity contribution in [2.24, 2.45) is 0 Å². The molecule has 0 aliphatic carbocycles. The van der Waals surface area contributed by atoms with Crippen LogP contribution in [0.5, 0.6) is 23.0 Å². The molecule has 0 amide bonds. The summed E-state index contributed by atoms with van der Waals surface area (Å²) in [5.41, 5.74) is 8.61. The van der Waals surface area contributed by atoms with Gasteiger partial charge >= 0.3 is 15.5 Å². The lowest BCUT2D eigenvalue weighted by Crippen LogP contribution is -2.21. The van der Waals surface area contributed by atoms with Crippen LogP contribution in [0.15, 0.2) is 243 Å². The van der Waals surface area contributed by atoms with E-state index in [0.29, 0.717) is 44.5 Å². The molecule has 12 aromatic carbocycles. The van der Waals surface area contributed by atoms with E-state index in [4.69, 9.17) is 18.1 Å². The molecule has 0 bridgehead atoms. The number of hydrogen-bond donors (Lipinski definition) is 1. The average molecular weight is 982 g/mol. The van der Waals surface area contributed by atoms with E-state index in [2.05, 4.69) is 29.1 Å². The van der Waals surface area contributed by atoms with Gasteiger partial charge in [0.2, 0.25) is 0 Å². The molecule has 2 heterocycles. The Labute approximate surface area is 421 Å². The predicted octanol–water partition coefficient (Wildman–Crippen LogP) is 18.3. The second-order valence-corrected chi connectivity index (χ2v) is 21.8. The number of rotatable bonds is 6. The average Bonchev–Trinajstić information content (AvgIpc) is 3.67. The highest BCUT2D eigenvalue weighted by Gasteiger charge is 2.49. The van der Waals surface area contributed by atoms with Crippen molar-refractivity contribution in [2.45, 2.75) is 0 Å². The van der Waals surface area contributed by atoms with Crippen molar-refractivity contribution in [1.82, 2.24) is 4.86 Å². The molecule has 0 unspecified atom stereocenters. The molecule has 0 saturated heterocycles. The molecule has 9 heteroatoms. The van der Waals surface area contributed by atoms with Crippen LogP contribution >= 0.6 is 15.5 Å². The highest BCUT2D eigenvalue weighted by atomic mass is 31.3. The maximum Gasteiger partial charge on any atom is 0.524 e. The number of nitrogens with one attached hydrogen (secondary N) is 1. The van der Waals surface area contributed by atoms with E-state index >= 15 is 9.13 Å². The summed E-state index contributed by atoms with van der Waals surface area (Å²) in [6, 6.07) is 80.0. The van der Waals surface area contributed by atoms with Gasteiger partial charge in [-0.15, -0.1) is 0 Å². The van der Waals surface area contributed by atoms with Crippen molar-refractivity contribution in [3.63, 3.8) is 0 Å². The van der Waals surface area contributed by atoms with E-state index in [1.165, 1.54) is 0 Å². The van der Waals surface area contributed by atoms with Crippen LogP contribution in [-0.2, 0) is 9.13 Å². The molecule has 0 fully saturated rings. The summed E-state index contributed by atoms with van der Waals surface area (Å²) in [5.74, 6) is 1.13. The van der Waals surface area contributed by atoms with Crippen LogP contribution in [0.2, 0.25) is 0 Å². The summed E-state index contributed by atoms with van der Waals surface area (Å²) in [6.07, 6.45) is 0. The standard InChI is InChI=1S/C64H41NO6P2/c66-72(68-61-53(41-21-5-1-6-22-41)37-45-29-13-17-33-49(45)57(61)58-50-34-18-14-30-46(50)38-54(62(58)69-72)42-23-7-2-8-24-42)65-73(67)70-63-55(43-25-9-3-10-26-43)39-47-31-15-19-35-51(47)59(63)60-52-36-20-16-32-48(52)40-56(64(60)71-73)44-27-11-4-12-28-44/h1-40H,(H,65,66,67). The third-order valence-corrected chi connectivity index (χ3v) is 17.6. The monoisotopic (exact) mass is 981 g/mol. The highest BCUT2D eigenvalue weighted by Crippen LogP contribution is 2.68. The minimum Gasteiger partial charge on any atom is -0.403 e. The molecule has 0 aromatic heterocycles. The fraction of sp³-hybridized carbons (Fsp3) is 0. The maximum atomic E-state index is 16.9. The highest BCUT2D eigenvalue weighted by molar-refractivity contribution is 7.68. The van der Waals surface area contributed by atoms with Gasteiger partial charge in [0, 0.05) is 44.5 Å². The third-order valence-electron chi connectivity index (χ3n) is 13.9. The van der Waals surface area contributed by atoms with Crippen LogP contribution in [0.4, 0.5) is 0 Å². The summed E-state index contributed by atoms with van der Waals surface area (Å²) in [5, 5.41) is 7.14. The second-order valence-electron chi connectivity index (χ2n) is 18.3. The molecule has 0 saturated carbocycles. The van der Waals surface area contributed by atoms with E-state index in [1.54, 1.807) is 0 Å². The van der Waals surface area contributed by atoms with Crippen LogP contribution in [0.3, 0.4) is 0 Å². The van der Waals surface area contributed by atoms with Gasteiger partial charge in [0.05, 0.1) is 0 Å². The number of hydrogen-bond acceptors (Lipinski definition) is 6. The van der Waals surface area contributed by atoms with Crippen LogP contribution in [0.1, 0.15) is 0 Å². The van der Waals surface area contributed by atoms with Crippen molar-refractivity contribution in [3.8, 4) is 89.8 Å². The largest absolute Gasteiger partial charge is 0.524 e. The van der Waals surface area contributed by atoms with E-state index in [9.17, 15) is 0 Å². The van der Waals surface area contributed by atoms with Gasteiger partial charge in [-0.05, 0) is 89.6 Å². The minimum absolute atomic E-state index is 0.281. The molecule has 2 aliphatic rings. The SMILES string of the molecule is O=P1(NP2(=O)Oc3c(-c4ccccc4)cc4ccccc4c3-c3c(c(-c4ccccc4)cc4ccccc34)O2)Oc2c(-c3ccccc3)cc3ccccc3c2-c2c(c(-c3ccccc3)cc3ccccc23)O1. The Balaban J connectivity index is 1.08. The Morgan fingerprint density at radius 3 is 0.699 bits per heavy atom. The molecule has 73 heavy (non-hydrogen) atoms. The van der Waals surface area contributed by atoms with Crippen molar-refractivity contribution in [3.05, 3.63) is 243 Å². The lowest BCUT2D eigenvalue weighted by Gasteiger charge is -2.26. The van der Waals surface area contributed by atoms with E-state index in [0.717, 1.165) is 65.3 Å². The molecule has 12 aromatic rings. The van der Waals surface area contributed by atoms with Gasteiger partial charge in [-0.1, -0.05) is 223 Å². The van der Waals surface area contributed by atoms with Gasteiger partial charge in [-0.2, -0.15) is 0 Å². The van der Waals surface area contributed by atoms with Gasteiger partial charge in [-0.3, -0.25) is 0 Å². The molecule has 14 rings (SSSR count). The Morgan fingerprint density at radius 1 is 0.260 bits per heavy atom. The van der Waals surface area contributed by atoms with E-state index in [-0.39, 0.29) is 23.0 Å². The predicted molar refractivity (Wildman–Crippen MR) is 296 cm³/mol. The smallest absolute Gasteiger partial charge is 0.403 e. The zero-order chi connectivity index (χ0) is 48.7. The van der Waals surface area contributed by atoms with Gasteiger partial charge in [0.15, 0.2) is 0 Å². The summed E-state index contributed by atoms with van der Waals surface area (Å²) < 4.78 is 62.2. The normalized spacial score (nSPS) is 14.0. The van der Waals surface area contributed by atoms with Crippen molar-refractivity contribution in [1.29, 1.82) is 0 Å². The molecule has 0 atom stereocenters. The Bertz CT molecular complexity index is 3760. The first-order valence-electron chi connectivity index (χ1n) is 24.1. The molecule has 348 valence electrons. The molecular weight excluding hydrogens is 941 g/mol. The lowest BCUT2D eigenvalue weighted by molar-refractivity contribution is 0.359. The topological polar surface area (TPSA) is 83.1 Å². The molecule has 1 N–H and O–H groups in total. The Kier molecular flexibility index (Phi) is 10.0. The zero-order valence-electron chi connectivity index (χ0n) is 38.9. The van der Waals surface area contributed by atoms with Crippen molar-refractivity contribution >= 4 is 58.6 Å². The van der Waals surface area contributed by atoms with Crippen LogP contribution in [-0.4, -0.2) is 0 Å². The van der Waals surface area contributed by atoms with Crippen molar-refractivity contribution in [2.75, 3.05) is 0 Å². The quantitative estimate of drug-likeness (QED) is 0.166. The van der Waals surface area contributed by atoms with Crippen molar-refractivity contribution < 1.29 is 27.2 Å². The first kappa shape index (κ1) is 43.1. The van der Waals surface area contributed by atoms with Gasteiger partial charge < -0.3 is 18.1 Å². The lowest BCUT2D eigenvalue weighted by atomic mass is 9.86. The molecule has 0 spiro atoms. The molecule has 0 radical (unpaired) electrons. The Morgan fingerprint density at radius 2 is 0.466 bits per heavy atom. The summed E-state index contributed by atoms with van der Waals surface area (Å²) >= 11 is 0. The first-order chi connectivity index (χ1) is 35.9. The fourth-order valence-corrected chi connectivity index (χ4v) is 14.4. The number of fused-ring (bicyclic) bond motifs is 14. The third kappa shape index (κ3) is 7.24. The van der Waals surface area contributed by atoms with Crippen LogP contribution in [0, 0.1) is 0 Å². The molecule has 7 nitrogen and oxygen atoms in total. The second kappa shape index (κ2) is 17.0. The maximum absolute atomic E-state index is 16.9. The number of benzene rings is 12. The summed E-state index contributed by atoms with van der Waals surface area (Å²) in [4.78, 5) is 2.98. The first-order valence-corrected chi connectivity index (χ1v) is 27.2. The minimum atomic E-state index is -4.98. The molecule has 2 aliphatic heterocycles. The van der Waals surface area contributed by atoms with E-state index < -0.39 is 15.5 Å². The zero-order valence-corrected chi connectivity index (χ0v) is 40.7. The fourth-order valence-electron chi connectivity index (χ4n) is 10.8.